The minimum atomic E-state index is -0.828. The molecular formula is C12H8FN3O. The van der Waals surface area contributed by atoms with Crippen LogP contribution in [-0.4, -0.2) is 11.4 Å². The first-order valence-electron chi connectivity index (χ1n) is 4.88. The Morgan fingerprint density at radius 3 is 3.00 bits per heavy atom. The summed E-state index contributed by atoms with van der Waals surface area (Å²) in [6.07, 6.45) is 3.46. The van der Waals surface area contributed by atoms with Gasteiger partial charge in [0.25, 0.3) is 0 Å². The number of rotatable bonds is 3. The van der Waals surface area contributed by atoms with Gasteiger partial charge in [0.05, 0.1) is 6.07 Å². The predicted molar refractivity (Wildman–Crippen MR) is 59.3 cm³/mol. The molecule has 0 aliphatic rings. The number of nitrogens with zero attached hydrogens (tertiary/aromatic N) is 2. The second-order valence-electron chi connectivity index (χ2n) is 3.44. The van der Waals surface area contributed by atoms with Gasteiger partial charge in [-0.05, 0) is 23.6 Å². The summed E-state index contributed by atoms with van der Waals surface area (Å²) in [4.78, 5) is 14.4. The molecule has 84 valence electrons. The molecule has 1 aromatic carbocycles. The highest BCUT2D eigenvalue weighted by Gasteiger charge is 2.13. The minimum absolute atomic E-state index is 0.396. The van der Waals surface area contributed by atoms with Gasteiger partial charge in [-0.3, -0.25) is 9.78 Å². The lowest BCUT2D eigenvalue weighted by Crippen LogP contribution is -2.18. The topological polar surface area (TPSA) is 65.8 Å². The number of carbonyl (C=O) groups excluding carboxylic acids is 1. The zero-order chi connectivity index (χ0) is 12.3. The number of hydrogen-bond acceptors (Lipinski definition) is 3. The average Bonchev–Trinajstić information content (AvgIpc) is 2.35. The number of nitrogens with one attached hydrogen (secondary N) is 1. The first-order chi connectivity index (χ1) is 8.26. The van der Waals surface area contributed by atoms with Crippen LogP contribution in [0.4, 0.5) is 4.39 Å². The van der Waals surface area contributed by atoms with Crippen LogP contribution >= 0.6 is 0 Å². The molecule has 5 heteroatoms. The van der Waals surface area contributed by atoms with Crippen molar-refractivity contribution in [2.24, 2.45) is 0 Å². The Labute approximate surface area is 96.7 Å². The lowest BCUT2D eigenvalue weighted by atomic mass is 10.0. The van der Waals surface area contributed by atoms with Gasteiger partial charge in [-0.25, -0.2) is 4.39 Å². The first kappa shape index (κ1) is 11.0. The summed E-state index contributed by atoms with van der Waals surface area (Å²) in [5.74, 6) is -0.396. The highest BCUT2D eigenvalue weighted by Crippen LogP contribution is 2.23. The average molecular weight is 229 g/mol. The molecule has 2 aromatic rings. The van der Waals surface area contributed by atoms with Gasteiger partial charge in [-0.1, -0.05) is 0 Å². The van der Waals surface area contributed by atoms with E-state index in [4.69, 9.17) is 5.26 Å². The molecule has 1 unspecified atom stereocenters. The molecule has 0 saturated heterocycles. The third-order valence-corrected chi connectivity index (χ3v) is 2.43. The summed E-state index contributed by atoms with van der Waals surface area (Å²) < 4.78 is 13.2. The van der Waals surface area contributed by atoms with Crippen molar-refractivity contribution < 1.29 is 9.18 Å². The van der Waals surface area contributed by atoms with E-state index in [2.05, 4.69) is 10.3 Å². The van der Waals surface area contributed by atoms with Crippen LogP contribution in [0.25, 0.3) is 10.8 Å². The third-order valence-electron chi connectivity index (χ3n) is 2.43. The van der Waals surface area contributed by atoms with Gasteiger partial charge in [0, 0.05) is 23.3 Å². The fourth-order valence-corrected chi connectivity index (χ4v) is 1.65. The number of benzene rings is 1. The highest BCUT2D eigenvalue weighted by molar-refractivity contribution is 5.85. The van der Waals surface area contributed by atoms with E-state index in [1.165, 1.54) is 18.3 Å². The molecule has 1 heterocycles. The summed E-state index contributed by atoms with van der Waals surface area (Å²) in [5, 5.41) is 12.6. The van der Waals surface area contributed by atoms with Crippen LogP contribution in [0.2, 0.25) is 0 Å². The van der Waals surface area contributed by atoms with E-state index < -0.39 is 11.9 Å². The van der Waals surface area contributed by atoms with Crippen molar-refractivity contribution >= 4 is 17.2 Å². The maximum Gasteiger partial charge on any atom is 0.208 e. The Morgan fingerprint density at radius 2 is 2.29 bits per heavy atom. The predicted octanol–water partition coefficient (Wildman–Crippen LogP) is 1.68. The van der Waals surface area contributed by atoms with Gasteiger partial charge in [0.2, 0.25) is 6.41 Å². The quantitative estimate of drug-likeness (QED) is 0.814. The molecule has 0 aliphatic heterocycles. The molecule has 1 atom stereocenters. The zero-order valence-corrected chi connectivity index (χ0v) is 8.72. The maximum absolute atomic E-state index is 13.2. The van der Waals surface area contributed by atoms with Gasteiger partial charge < -0.3 is 5.32 Å². The van der Waals surface area contributed by atoms with Crippen LogP contribution in [0, 0.1) is 17.1 Å². The van der Waals surface area contributed by atoms with Crippen molar-refractivity contribution in [3.8, 4) is 6.07 Å². The summed E-state index contributed by atoms with van der Waals surface area (Å²) in [7, 11) is 0. The lowest BCUT2D eigenvalue weighted by molar-refractivity contribution is -0.109. The van der Waals surface area contributed by atoms with Crippen molar-refractivity contribution in [1.29, 1.82) is 5.26 Å². The van der Waals surface area contributed by atoms with Gasteiger partial charge in [0.1, 0.15) is 11.9 Å². The molecule has 4 nitrogen and oxygen atoms in total. The number of aromatic nitrogens is 1. The number of carbonyl (C=O) groups is 1. The van der Waals surface area contributed by atoms with Crippen LogP contribution in [0.15, 0.2) is 30.6 Å². The van der Waals surface area contributed by atoms with Crippen LogP contribution in [0.1, 0.15) is 11.6 Å². The highest BCUT2D eigenvalue weighted by atomic mass is 19.1. The number of hydrogen-bond donors (Lipinski definition) is 1. The maximum atomic E-state index is 13.2. The van der Waals surface area contributed by atoms with E-state index in [0.717, 1.165) is 5.39 Å². The molecule has 0 fully saturated rings. The van der Waals surface area contributed by atoms with Crippen LogP contribution < -0.4 is 5.32 Å². The van der Waals surface area contributed by atoms with Crippen molar-refractivity contribution in [2.45, 2.75) is 6.04 Å². The molecule has 1 N–H and O–H groups in total. The molecular weight excluding hydrogens is 221 g/mol. The fraction of sp³-hybridized carbons (Fsp3) is 0.0833. The molecule has 0 saturated carbocycles. The largest absolute Gasteiger partial charge is 0.339 e. The molecule has 1 aromatic heterocycles. The van der Waals surface area contributed by atoms with E-state index in [1.54, 1.807) is 12.3 Å². The molecule has 0 bridgehead atoms. The normalized spacial score (nSPS) is 11.8. The van der Waals surface area contributed by atoms with Crippen LogP contribution in [0.3, 0.4) is 0 Å². The summed E-state index contributed by atoms with van der Waals surface area (Å²) >= 11 is 0. The molecule has 17 heavy (non-hydrogen) atoms. The number of nitriles is 1. The Kier molecular flexibility index (Phi) is 2.97. The second-order valence-corrected chi connectivity index (χ2v) is 3.44. The molecule has 1 amide bonds. The van der Waals surface area contributed by atoms with Gasteiger partial charge >= 0.3 is 0 Å². The lowest BCUT2D eigenvalue weighted by Gasteiger charge is -2.10. The van der Waals surface area contributed by atoms with E-state index >= 15 is 0 Å². The van der Waals surface area contributed by atoms with E-state index in [9.17, 15) is 9.18 Å². The van der Waals surface area contributed by atoms with Gasteiger partial charge in [-0.15, -0.1) is 0 Å². The van der Waals surface area contributed by atoms with E-state index in [-0.39, 0.29) is 0 Å². The van der Waals surface area contributed by atoms with Crippen molar-refractivity contribution in [3.63, 3.8) is 0 Å². The third kappa shape index (κ3) is 2.06. The van der Waals surface area contributed by atoms with Gasteiger partial charge in [-0.2, -0.15) is 5.26 Å². The van der Waals surface area contributed by atoms with Crippen molar-refractivity contribution in [3.05, 3.63) is 42.0 Å². The smallest absolute Gasteiger partial charge is 0.208 e. The van der Waals surface area contributed by atoms with Crippen LogP contribution in [-0.2, 0) is 4.79 Å². The molecule has 0 radical (unpaired) electrons. The second kappa shape index (κ2) is 4.58. The number of halogens is 1. The number of amides is 1. The Balaban J connectivity index is 2.64. The Morgan fingerprint density at radius 1 is 1.47 bits per heavy atom. The monoisotopic (exact) mass is 229 g/mol. The van der Waals surface area contributed by atoms with Gasteiger partial charge in [0.15, 0.2) is 0 Å². The zero-order valence-electron chi connectivity index (χ0n) is 8.72. The minimum Gasteiger partial charge on any atom is -0.339 e. The van der Waals surface area contributed by atoms with Crippen LogP contribution in [0.5, 0.6) is 0 Å². The Hall–Kier alpha value is -2.48. The Bertz CT molecular complexity index is 606. The van der Waals surface area contributed by atoms with Crippen molar-refractivity contribution in [2.75, 3.05) is 0 Å². The number of pyridine rings is 1. The standard InChI is InChI=1S/C12H8FN3O/c13-9-2-1-8-5-15-6-11(10(8)3-9)12(4-14)16-7-17/h1-3,5-7,12H,(H,16,17). The van der Waals surface area contributed by atoms with E-state index in [0.29, 0.717) is 17.4 Å². The first-order valence-corrected chi connectivity index (χ1v) is 4.88. The summed E-state index contributed by atoms with van der Waals surface area (Å²) in [6.45, 7) is 0. The molecule has 0 spiro atoms. The SMILES string of the molecule is N#CC(NC=O)c1cncc2ccc(F)cc12. The summed E-state index contributed by atoms with van der Waals surface area (Å²) in [5.41, 5.74) is 0.483. The number of fused-ring (bicyclic) bond motifs is 1. The fourth-order valence-electron chi connectivity index (χ4n) is 1.65. The molecule has 0 aliphatic carbocycles. The van der Waals surface area contributed by atoms with Crippen molar-refractivity contribution in [1.82, 2.24) is 10.3 Å². The molecule has 2 rings (SSSR count). The van der Waals surface area contributed by atoms with E-state index in [1.807, 2.05) is 6.07 Å². The summed E-state index contributed by atoms with van der Waals surface area (Å²) in [6, 6.07) is 5.32.